The first kappa shape index (κ1) is 17.2. The molecule has 0 aromatic heterocycles. The summed E-state index contributed by atoms with van der Waals surface area (Å²) < 4.78 is 56.5. The summed E-state index contributed by atoms with van der Waals surface area (Å²) in [7, 11) is 0. The first-order chi connectivity index (χ1) is 11.8. The molecular formula is C21H16F4. The van der Waals surface area contributed by atoms with Gasteiger partial charge < -0.3 is 0 Å². The van der Waals surface area contributed by atoms with Crippen LogP contribution in [0.5, 0.6) is 0 Å². The molecule has 0 aliphatic rings. The van der Waals surface area contributed by atoms with Crippen LogP contribution in [0.4, 0.5) is 17.6 Å². The fraction of sp³-hybridized carbons (Fsp3) is 0.143. The lowest BCUT2D eigenvalue weighted by Gasteiger charge is -2.13. The Bertz CT molecular complexity index is 928. The van der Waals surface area contributed by atoms with E-state index in [1.54, 1.807) is 32.0 Å². The van der Waals surface area contributed by atoms with Crippen molar-refractivity contribution in [2.45, 2.75) is 20.8 Å². The van der Waals surface area contributed by atoms with Gasteiger partial charge in [-0.15, -0.1) is 0 Å². The molecule has 128 valence electrons. The second kappa shape index (κ2) is 6.36. The Morgan fingerprint density at radius 2 is 1.20 bits per heavy atom. The van der Waals surface area contributed by atoms with E-state index in [0.29, 0.717) is 11.1 Å². The third-order valence-corrected chi connectivity index (χ3v) is 4.29. The van der Waals surface area contributed by atoms with Crippen LogP contribution in [0.1, 0.15) is 16.7 Å². The van der Waals surface area contributed by atoms with Crippen molar-refractivity contribution < 1.29 is 17.6 Å². The van der Waals surface area contributed by atoms with Gasteiger partial charge >= 0.3 is 0 Å². The standard InChI is InChI=1S/C21H16F4/c1-11-4-5-16(19(24)6-11)14-7-12(2)21(20(25)8-14)15-9-17(22)13(3)18(23)10-15/h4-10H,1-3H3. The number of aryl methyl sites for hydroxylation is 2. The Hall–Kier alpha value is -2.62. The highest BCUT2D eigenvalue weighted by atomic mass is 19.1. The van der Waals surface area contributed by atoms with Gasteiger partial charge in [0.1, 0.15) is 23.3 Å². The molecule has 0 unspecified atom stereocenters. The molecule has 0 aliphatic heterocycles. The summed E-state index contributed by atoms with van der Waals surface area (Å²) in [5.41, 5.74) is 2.00. The van der Waals surface area contributed by atoms with Gasteiger partial charge in [-0.3, -0.25) is 0 Å². The molecule has 0 amide bonds. The second-order valence-corrected chi connectivity index (χ2v) is 6.20. The summed E-state index contributed by atoms with van der Waals surface area (Å²) in [4.78, 5) is 0. The van der Waals surface area contributed by atoms with Crippen LogP contribution in [0.2, 0.25) is 0 Å². The second-order valence-electron chi connectivity index (χ2n) is 6.20. The topological polar surface area (TPSA) is 0 Å². The number of hydrogen-bond donors (Lipinski definition) is 0. The first-order valence-electron chi connectivity index (χ1n) is 7.80. The SMILES string of the molecule is Cc1ccc(-c2cc(C)c(-c3cc(F)c(C)c(F)c3)c(F)c2)c(F)c1. The Morgan fingerprint density at radius 1 is 0.600 bits per heavy atom. The predicted molar refractivity (Wildman–Crippen MR) is 91.4 cm³/mol. The molecule has 0 heterocycles. The molecule has 0 N–H and O–H groups in total. The van der Waals surface area contributed by atoms with Crippen LogP contribution in [0, 0.1) is 44.0 Å². The van der Waals surface area contributed by atoms with Crippen LogP contribution < -0.4 is 0 Å². The first-order valence-corrected chi connectivity index (χ1v) is 7.80. The lowest BCUT2D eigenvalue weighted by Crippen LogP contribution is -1.96. The molecule has 3 aromatic rings. The van der Waals surface area contributed by atoms with E-state index < -0.39 is 23.3 Å². The van der Waals surface area contributed by atoms with E-state index in [0.717, 1.165) is 17.7 Å². The van der Waals surface area contributed by atoms with Crippen molar-refractivity contribution >= 4 is 0 Å². The van der Waals surface area contributed by atoms with Crippen molar-refractivity contribution in [3.8, 4) is 22.3 Å². The van der Waals surface area contributed by atoms with Gasteiger partial charge in [-0.05, 0) is 67.3 Å². The van der Waals surface area contributed by atoms with Crippen molar-refractivity contribution in [1.29, 1.82) is 0 Å². The van der Waals surface area contributed by atoms with Gasteiger partial charge in [-0.1, -0.05) is 18.2 Å². The zero-order valence-electron chi connectivity index (χ0n) is 14.1. The fourth-order valence-corrected chi connectivity index (χ4v) is 2.91. The largest absolute Gasteiger partial charge is 0.207 e. The Kier molecular flexibility index (Phi) is 4.38. The molecule has 0 fully saturated rings. The molecule has 0 spiro atoms. The molecule has 0 saturated carbocycles. The Labute approximate surface area is 143 Å². The van der Waals surface area contributed by atoms with E-state index in [4.69, 9.17) is 0 Å². The Morgan fingerprint density at radius 3 is 1.76 bits per heavy atom. The highest BCUT2D eigenvalue weighted by Gasteiger charge is 2.16. The van der Waals surface area contributed by atoms with E-state index in [-0.39, 0.29) is 22.3 Å². The summed E-state index contributed by atoms with van der Waals surface area (Å²) in [5, 5.41) is 0. The molecule has 0 nitrogen and oxygen atoms in total. The van der Waals surface area contributed by atoms with Gasteiger partial charge in [0, 0.05) is 16.7 Å². The minimum atomic E-state index is -0.734. The average Bonchev–Trinajstić information content (AvgIpc) is 2.51. The zero-order valence-corrected chi connectivity index (χ0v) is 14.1. The van der Waals surface area contributed by atoms with E-state index in [1.807, 2.05) is 0 Å². The number of benzene rings is 3. The van der Waals surface area contributed by atoms with Gasteiger partial charge in [0.2, 0.25) is 0 Å². The lowest BCUT2D eigenvalue weighted by atomic mass is 9.94. The molecule has 0 radical (unpaired) electrons. The summed E-state index contributed by atoms with van der Waals surface area (Å²) in [6.07, 6.45) is 0. The maximum Gasteiger partial charge on any atom is 0.131 e. The van der Waals surface area contributed by atoms with Crippen LogP contribution in [0.15, 0.2) is 42.5 Å². The highest BCUT2D eigenvalue weighted by Crippen LogP contribution is 2.34. The van der Waals surface area contributed by atoms with Crippen LogP contribution >= 0.6 is 0 Å². The van der Waals surface area contributed by atoms with Gasteiger partial charge in [0.05, 0.1) is 0 Å². The van der Waals surface area contributed by atoms with E-state index in [9.17, 15) is 17.6 Å². The summed E-state index contributed by atoms with van der Waals surface area (Å²) in [6.45, 7) is 4.72. The molecule has 0 saturated heterocycles. The van der Waals surface area contributed by atoms with E-state index in [1.165, 1.54) is 19.1 Å². The molecule has 0 bridgehead atoms. The summed E-state index contributed by atoms with van der Waals surface area (Å²) in [6, 6.07) is 9.72. The monoisotopic (exact) mass is 344 g/mol. The van der Waals surface area contributed by atoms with Crippen molar-refractivity contribution in [2.24, 2.45) is 0 Å². The third-order valence-electron chi connectivity index (χ3n) is 4.29. The molecule has 3 aromatic carbocycles. The molecule has 0 atom stereocenters. The van der Waals surface area contributed by atoms with Gasteiger partial charge in [-0.25, -0.2) is 17.6 Å². The van der Waals surface area contributed by atoms with Crippen molar-refractivity contribution in [1.82, 2.24) is 0 Å². The van der Waals surface area contributed by atoms with Gasteiger partial charge in [0.15, 0.2) is 0 Å². The smallest absolute Gasteiger partial charge is 0.131 e. The van der Waals surface area contributed by atoms with Crippen LogP contribution in [0.25, 0.3) is 22.3 Å². The van der Waals surface area contributed by atoms with E-state index in [2.05, 4.69) is 0 Å². The van der Waals surface area contributed by atoms with Crippen molar-refractivity contribution in [3.63, 3.8) is 0 Å². The molecule has 3 rings (SSSR count). The average molecular weight is 344 g/mol. The Balaban J connectivity index is 2.16. The van der Waals surface area contributed by atoms with Crippen LogP contribution in [0.3, 0.4) is 0 Å². The molecular weight excluding hydrogens is 328 g/mol. The number of rotatable bonds is 2. The van der Waals surface area contributed by atoms with Gasteiger partial charge in [-0.2, -0.15) is 0 Å². The third kappa shape index (κ3) is 3.16. The summed E-state index contributed by atoms with van der Waals surface area (Å²) in [5.74, 6) is -2.57. The van der Waals surface area contributed by atoms with E-state index >= 15 is 0 Å². The zero-order chi connectivity index (χ0) is 18.3. The lowest BCUT2D eigenvalue weighted by molar-refractivity contribution is 0.568. The molecule has 0 aliphatic carbocycles. The predicted octanol–water partition coefficient (Wildman–Crippen LogP) is 6.50. The minimum absolute atomic E-state index is 0.106. The van der Waals surface area contributed by atoms with Crippen LogP contribution in [-0.2, 0) is 0 Å². The van der Waals surface area contributed by atoms with Crippen molar-refractivity contribution in [3.05, 3.63) is 82.4 Å². The summed E-state index contributed by atoms with van der Waals surface area (Å²) >= 11 is 0. The number of halogens is 4. The molecule has 25 heavy (non-hydrogen) atoms. The maximum absolute atomic E-state index is 14.7. The number of hydrogen-bond acceptors (Lipinski definition) is 0. The minimum Gasteiger partial charge on any atom is -0.207 e. The van der Waals surface area contributed by atoms with Crippen molar-refractivity contribution in [2.75, 3.05) is 0 Å². The molecule has 4 heteroatoms. The normalized spacial score (nSPS) is 11.0. The van der Waals surface area contributed by atoms with Crippen LogP contribution in [-0.4, -0.2) is 0 Å². The highest BCUT2D eigenvalue weighted by molar-refractivity contribution is 5.74. The van der Waals surface area contributed by atoms with Gasteiger partial charge in [0.25, 0.3) is 0 Å². The maximum atomic E-state index is 14.7. The fourth-order valence-electron chi connectivity index (χ4n) is 2.91. The quantitative estimate of drug-likeness (QED) is 0.465.